The summed E-state index contributed by atoms with van der Waals surface area (Å²) in [6, 6.07) is 5.00. The fraction of sp³-hybridized carbons (Fsp3) is 0.467. The number of thioether (sulfide) groups is 1. The summed E-state index contributed by atoms with van der Waals surface area (Å²) >= 11 is 7.49. The van der Waals surface area contributed by atoms with Crippen LogP contribution < -0.4 is 4.74 Å². The number of benzene rings is 1. The lowest BCUT2D eigenvalue weighted by atomic mass is 10.1. The van der Waals surface area contributed by atoms with Crippen LogP contribution in [0.2, 0.25) is 5.02 Å². The van der Waals surface area contributed by atoms with E-state index >= 15 is 0 Å². The maximum Gasteiger partial charge on any atom is 0.315 e. The molecule has 0 spiro atoms. The van der Waals surface area contributed by atoms with Crippen LogP contribution in [-0.4, -0.2) is 55.1 Å². The number of methoxy groups -OCH3 is 2. The van der Waals surface area contributed by atoms with E-state index in [0.717, 1.165) is 6.42 Å². The minimum Gasteiger partial charge on any atom is -0.496 e. The van der Waals surface area contributed by atoms with Gasteiger partial charge in [0.15, 0.2) is 0 Å². The second-order valence-electron chi connectivity index (χ2n) is 4.89. The molecule has 0 aromatic heterocycles. The highest BCUT2D eigenvalue weighted by Gasteiger charge is 2.29. The average Bonchev–Trinajstić information content (AvgIpc) is 3.00. The van der Waals surface area contributed by atoms with E-state index in [-0.39, 0.29) is 17.1 Å². The van der Waals surface area contributed by atoms with Crippen molar-refractivity contribution in [3.63, 3.8) is 0 Å². The monoisotopic (exact) mass is 343 g/mol. The predicted molar refractivity (Wildman–Crippen MR) is 86.8 cm³/mol. The summed E-state index contributed by atoms with van der Waals surface area (Å²) in [6.45, 7) is 1.27. The molecule has 1 aliphatic rings. The van der Waals surface area contributed by atoms with Gasteiger partial charge in [-0.15, -0.1) is 11.8 Å². The molecule has 120 valence electrons. The quantitative estimate of drug-likeness (QED) is 0.769. The number of hydrogen-bond donors (Lipinski definition) is 0. The molecule has 5 nitrogen and oxygen atoms in total. The van der Waals surface area contributed by atoms with E-state index < -0.39 is 0 Å². The molecule has 0 saturated carbocycles. The first-order valence-electron chi connectivity index (χ1n) is 6.86. The molecule has 1 amide bonds. The zero-order chi connectivity index (χ0) is 16.1. The van der Waals surface area contributed by atoms with Crippen LogP contribution in [0.1, 0.15) is 16.8 Å². The highest BCUT2D eigenvalue weighted by molar-refractivity contribution is 8.00. The van der Waals surface area contributed by atoms with Crippen LogP contribution >= 0.6 is 23.4 Å². The van der Waals surface area contributed by atoms with E-state index in [2.05, 4.69) is 4.74 Å². The molecule has 1 atom stereocenters. The molecule has 1 fully saturated rings. The van der Waals surface area contributed by atoms with Gasteiger partial charge >= 0.3 is 5.97 Å². The molecule has 1 aromatic carbocycles. The van der Waals surface area contributed by atoms with Crippen molar-refractivity contribution in [2.75, 3.05) is 33.1 Å². The number of carbonyl (C=O) groups excluding carboxylic acids is 2. The largest absolute Gasteiger partial charge is 0.496 e. The molecule has 0 bridgehead atoms. The molecule has 0 unspecified atom stereocenters. The molecule has 1 heterocycles. The van der Waals surface area contributed by atoms with Crippen molar-refractivity contribution >= 4 is 35.2 Å². The van der Waals surface area contributed by atoms with Crippen LogP contribution in [0.3, 0.4) is 0 Å². The van der Waals surface area contributed by atoms with E-state index in [1.165, 1.54) is 26.0 Å². The molecular formula is C15H18ClNO4S. The van der Waals surface area contributed by atoms with Gasteiger partial charge in [0.1, 0.15) is 5.75 Å². The van der Waals surface area contributed by atoms with Crippen LogP contribution in [0.15, 0.2) is 18.2 Å². The van der Waals surface area contributed by atoms with E-state index in [9.17, 15) is 9.59 Å². The first kappa shape index (κ1) is 17.0. The molecule has 0 aliphatic carbocycles. The number of hydrogen-bond acceptors (Lipinski definition) is 5. The van der Waals surface area contributed by atoms with Gasteiger partial charge in [0, 0.05) is 23.4 Å². The lowest BCUT2D eigenvalue weighted by Gasteiger charge is -2.18. The molecule has 1 saturated heterocycles. The Balaban J connectivity index is 2.00. The topological polar surface area (TPSA) is 55.8 Å². The van der Waals surface area contributed by atoms with E-state index in [0.29, 0.717) is 35.2 Å². The number of carbonyl (C=O) groups is 2. The summed E-state index contributed by atoms with van der Waals surface area (Å²) in [6.07, 6.45) is 0.857. The Morgan fingerprint density at radius 1 is 1.41 bits per heavy atom. The summed E-state index contributed by atoms with van der Waals surface area (Å²) in [5, 5.41) is 0.744. The second-order valence-corrected chi connectivity index (χ2v) is 6.62. The number of halogens is 1. The van der Waals surface area contributed by atoms with Gasteiger partial charge in [0.2, 0.25) is 0 Å². The summed E-state index contributed by atoms with van der Waals surface area (Å²) < 4.78 is 9.85. The van der Waals surface area contributed by atoms with Gasteiger partial charge in [-0.2, -0.15) is 0 Å². The third-order valence-electron chi connectivity index (χ3n) is 3.49. The van der Waals surface area contributed by atoms with Crippen molar-refractivity contribution in [2.24, 2.45) is 0 Å². The first-order chi connectivity index (χ1) is 10.5. The SMILES string of the molecule is COC(=O)CS[C@H]1CCN(C(=O)c2cc(Cl)ccc2OC)C1. The molecular weight excluding hydrogens is 326 g/mol. The second kappa shape index (κ2) is 7.74. The van der Waals surface area contributed by atoms with Crippen molar-refractivity contribution in [1.82, 2.24) is 4.90 Å². The average molecular weight is 344 g/mol. The Bertz CT molecular complexity index is 566. The minimum absolute atomic E-state index is 0.0967. The summed E-state index contributed by atoms with van der Waals surface area (Å²) in [5.74, 6) is 0.482. The smallest absolute Gasteiger partial charge is 0.315 e. The lowest BCUT2D eigenvalue weighted by Crippen LogP contribution is -2.29. The third-order valence-corrected chi connectivity index (χ3v) is 4.98. The number of esters is 1. The number of ether oxygens (including phenoxy) is 2. The van der Waals surface area contributed by atoms with Gasteiger partial charge in [-0.1, -0.05) is 11.6 Å². The standard InChI is InChI=1S/C15H18ClNO4S/c1-20-13-4-3-10(16)7-12(13)15(19)17-6-5-11(8-17)22-9-14(18)21-2/h3-4,7,11H,5-6,8-9H2,1-2H3/t11-/m0/s1. The van der Waals surface area contributed by atoms with Crippen molar-refractivity contribution in [3.8, 4) is 5.75 Å². The minimum atomic E-state index is -0.244. The molecule has 0 radical (unpaired) electrons. The van der Waals surface area contributed by atoms with Crippen molar-refractivity contribution < 1.29 is 19.1 Å². The van der Waals surface area contributed by atoms with Crippen LogP contribution in [0.4, 0.5) is 0 Å². The van der Waals surface area contributed by atoms with Crippen molar-refractivity contribution in [2.45, 2.75) is 11.7 Å². The number of amides is 1. The lowest BCUT2D eigenvalue weighted by molar-refractivity contribution is -0.137. The van der Waals surface area contributed by atoms with Crippen molar-refractivity contribution in [3.05, 3.63) is 28.8 Å². The van der Waals surface area contributed by atoms with E-state index in [1.807, 2.05) is 0 Å². The normalized spacial score (nSPS) is 17.4. The van der Waals surface area contributed by atoms with Gasteiger partial charge in [-0.05, 0) is 24.6 Å². The van der Waals surface area contributed by atoms with Gasteiger partial charge in [-0.25, -0.2) is 0 Å². The Kier molecular flexibility index (Phi) is 5.97. The van der Waals surface area contributed by atoms with Crippen LogP contribution in [0.25, 0.3) is 0 Å². The molecule has 0 N–H and O–H groups in total. The Morgan fingerprint density at radius 2 is 2.18 bits per heavy atom. The molecule has 1 aromatic rings. The zero-order valence-corrected chi connectivity index (χ0v) is 14.1. The third kappa shape index (κ3) is 4.08. The summed E-state index contributed by atoms with van der Waals surface area (Å²) in [7, 11) is 2.90. The van der Waals surface area contributed by atoms with Crippen molar-refractivity contribution in [1.29, 1.82) is 0 Å². The van der Waals surface area contributed by atoms with Gasteiger partial charge in [0.05, 0.1) is 25.5 Å². The summed E-state index contributed by atoms with van der Waals surface area (Å²) in [4.78, 5) is 25.5. The zero-order valence-electron chi connectivity index (χ0n) is 12.5. The molecule has 22 heavy (non-hydrogen) atoms. The van der Waals surface area contributed by atoms with Gasteiger partial charge in [0.25, 0.3) is 5.91 Å². The van der Waals surface area contributed by atoms with E-state index in [1.54, 1.807) is 23.1 Å². The summed E-state index contributed by atoms with van der Waals surface area (Å²) in [5.41, 5.74) is 0.466. The predicted octanol–water partition coefficient (Wildman–Crippen LogP) is 2.47. The first-order valence-corrected chi connectivity index (χ1v) is 8.29. The Labute approximate surface area is 138 Å². The fourth-order valence-corrected chi connectivity index (χ4v) is 3.53. The van der Waals surface area contributed by atoms with Crippen LogP contribution in [0.5, 0.6) is 5.75 Å². The molecule has 7 heteroatoms. The number of rotatable bonds is 5. The maximum absolute atomic E-state index is 12.6. The van der Waals surface area contributed by atoms with Gasteiger partial charge < -0.3 is 14.4 Å². The Hall–Kier alpha value is -1.40. The molecule has 2 rings (SSSR count). The van der Waals surface area contributed by atoms with Crippen LogP contribution in [0, 0.1) is 0 Å². The van der Waals surface area contributed by atoms with Crippen LogP contribution in [-0.2, 0) is 9.53 Å². The number of likely N-dealkylation sites (tertiary alicyclic amines) is 1. The van der Waals surface area contributed by atoms with E-state index in [4.69, 9.17) is 16.3 Å². The molecule has 1 aliphatic heterocycles. The number of nitrogens with zero attached hydrogens (tertiary/aromatic N) is 1. The Morgan fingerprint density at radius 3 is 2.86 bits per heavy atom. The highest BCUT2D eigenvalue weighted by Crippen LogP contribution is 2.28. The highest BCUT2D eigenvalue weighted by atomic mass is 35.5. The van der Waals surface area contributed by atoms with Gasteiger partial charge in [-0.3, -0.25) is 9.59 Å². The maximum atomic E-state index is 12.6. The fourth-order valence-electron chi connectivity index (χ4n) is 2.31.